The zero-order valence-electron chi connectivity index (χ0n) is 18.8. The predicted molar refractivity (Wildman–Crippen MR) is 121 cm³/mol. The molecule has 2 atom stereocenters. The zero-order chi connectivity index (χ0) is 21.9. The molecule has 1 aromatic carbocycles. The Kier molecular flexibility index (Phi) is 4.70. The summed E-state index contributed by atoms with van der Waals surface area (Å²) in [4.78, 5) is 28.6. The molecule has 2 aromatic rings. The summed E-state index contributed by atoms with van der Waals surface area (Å²) >= 11 is 0. The molecule has 32 heavy (non-hydrogen) atoms. The summed E-state index contributed by atoms with van der Waals surface area (Å²) in [5.41, 5.74) is 2.50. The van der Waals surface area contributed by atoms with Crippen LogP contribution in [0.5, 0.6) is 0 Å². The summed E-state index contributed by atoms with van der Waals surface area (Å²) in [5.74, 6) is 2.59. The molecule has 1 N–H and O–H groups in total. The van der Waals surface area contributed by atoms with E-state index in [1.807, 2.05) is 18.2 Å². The molecule has 4 bridgehead atoms. The molecule has 168 valence electrons. The zero-order valence-corrected chi connectivity index (χ0v) is 18.8. The highest BCUT2D eigenvalue weighted by Crippen LogP contribution is 2.61. The second kappa shape index (κ2) is 7.50. The molecule has 0 radical (unpaired) electrons. The quantitative estimate of drug-likeness (QED) is 0.770. The average Bonchev–Trinajstić information content (AvgIpc) is 3.32. The number of nitrogens with one attached hydrogen (secondary N) is 1. The molecule has 5 aliphatic rings. The number of fused-ring (bicyclic) bond motifs is 1. The number of benzene rings is 1. The van der Waals surface area contributed by atoms with Crippen molar-refractivity contribution in [3.05, 3.63) is 59.5 Å². The molecule has 5 nitrogen and oxygen atoms in total. The minimum absolute atomic E-state index is 0.0253. The van der Waals surface area contributed by atoms with Crippen molar-refractivity contribution >= 4 is 11.8 Å². The van der Waals surface area contributed by atoms with Gasteiger partial charge in [0.2, 0.25) is 5.91 Å². The standard InChI is InChI=1S/C27H32N2O3/c1-17(27-13-18-9-19(14-27)11-20(10-18)15-27)28-25(30)23-12-21-5-2-3-6-22(21)16-29(23)26(31)24-7-4-8-32-24/h2-8,17-20,23H,9-16H2,1H3,(H,28,30)/t17-,18?,19?,20?,23+,27?/m0/s1. The van der Waals surface area contributed by atoms with Crippen molar-refractivity contribution in [2.75, 3.05) is 0 Å². The first kappa shape index (κ1) is 20.1. The van der Waals surface area contributed by atoms with Gasteiger partial charge in [0.1, 0.15) is 6.04 Å². The van der Waals surface area contributed by atoms with Crippen molar-refractivity contribution < 1.29 is 14.0 Å². The number of carbonyl (C=O) groups is 2. The van der Waals surface area contributed by atoms with Crippen molar-refractivity contribution in [2.45, 2.75) is 70.5 Å². The van der Waals surface area contributed by atoms with Gasteiger partial charge in [-0.1, -0.05) is 24.3 Å². The molecular formula is C27H32N2O3. The lowest BCUT2D eigenvalue weighted by Gasteiger charge is -2.59. The van der Waals surface area contributed by atoms with Gasteiger partial charge in [0.25, 0.3) is 5.91 Å². The van der Waals surface area contributed by atoms with Gasteiger partial charge in [0.15, 0.2) is 5.76 Å². The first-order valence-corrected chi connectivity index (χ1v) is 12.2. The van der Waals surface area contributed by atoms with Crippen LogP contribution in [0.4, 0.5) is 0 Å². The molecular weight excluding hydrogens is 400 g/mol. The average molecular weight is 433 g/mol. The first-order valence-electron chi connectivity index (χ1n) is 12.2. The number of nitrogens with zero attached hydrogens (tertiary/aromatic N) is 1. The molecule has 1 aromatic heterocycles. The van der Waals surface area contributed by atoms with Gasteiger partial charge in [-0.25, -0.2) is 0 Å². The number of hydrogen-bond donors (Lipinski definition) is 1. The number of rotatable bonds is 4. The molecule has 0 spiro atoms. The van der Waals surface area contributed by atoms with Gasteiger partial charge in [-0.3, -0.25) is 9.59 Å². The highest BCUT2D eigenvalue weighted by molar-refractivity contribution is 5.96. The lowest BCUT2D eigenvalue weighted by atomic mass is 9.48. The van der Waals surface area contributed by atoms with E-state index in [1.54, 1.807) is 17.0 Å². The number of furan rings is 1. The van der Waals surface area contributed by atoms with Crippen LogP contribution in [0.3, 0.4) is 0 Å². The second-order valence-corrected chi connectivity index (χ2v) is 10.9. The first-order chi connectivity index (χ1) is 15.5. The SMILES string of the molecule is C[C@H](NC(=O)[C@H]1Cc2ccccc2CN1C(=O)c1ccco1)C12CC3CC(CC(C3)C1)C2. The van der Waals surface area contributed by atoms with Crippen molar-refractivity contribution in [1.29, 1.82) is 0 Å². The maximum absolute atomic E-state index is 13.7. The molecule has 7 rings (SSSR count). The van der Waals surface area contributed by atoms with Crippen LogP contribution in [-0.4, -0.2) is 28.8 Å². The van der Waals surface area contributed by atoms with Crippen LogP contribution >= 0.6 is 0 Å². The van der Waals surface area contributed by atoms with E-state index in [0.29, 0.717) is 13.0 Å². The minimum atomic E-state index is -0.515. The van der Waals surface area contributed by atoms with E-state index in [-0.39, 0.29) is 29.0 Å². The molecule has 4 saturated carbocycles. The summed E-state index contributed by atoms with van der Waals surface area (Å²) in [6.45, 7) is 2.64. The highest BCUT2D eigenvalue weighted by atomic mass is 16.3. The van der Waals surface area contributed by atoms with Crippen LogP contribution < -0.4 is 5.32 Å². The number of hydrogen-bond acceptors (Lipinski definition) is 3. The Morgan fingerprint density at radius 1 is 1.00 bits per heavy atom. The molecule has 0 unspecified atom stereocenters. The molecule has 2 heterocycles. The topological polar surface area (TPSA) is 62.6 Å². The van der Waals surface area contributed by atoms with E-state index in [2.05, 4.69) is 18.3 Å². The fourth-order valence-electron chi connectivity index (χ4n) is 7.68. The van der Waals surface area contributed by atoms with E-state index < -0.39 is 6.04 Å². The second-order valence-electron chi connectivity index (χ2n) is 10.9. The summed E-state index contributed by atoms with van der Waals surface area (Å²) in [5, 5.41) is 3.40. The van der Waals surface area contributed by atoms with Crippen molar-refractivity contribution in [1.82, 2.24) is 10.2 Å². The smallest absolute Gasteiger partial charge is 0.290 e. The van der Waals surface area contributed by atoms with E-state index in [9.17, 15) is 9.59 Å². The maximum Gasteiger partial charge on any atom is 0.290 e. The van der Waals surface area contributed by atoms with Crippen LogP contribution in [0.2, 0.25) is 0 Å². The van der Waals surface area contributed by atoms with Crippen LogP contribution in [0.1, 0.15) is 67.1 Å². The lowest BCUT2D eigenvalue weighted by molar-refractivity contribution is -0.130. The van der Waals surface area contributed by atoms with E-state index in [0.717, 1.165) is 28.9 Å². The highest BCUT2D eigenvalue weighted by Gasteiger charge is 2.53. The van der Waals surface area contributed by atoms with Gasteiger partial charge in [-0.2, -0.15) is 0 Å². The third-order valence-corrected chi connectivity index (χ3v) is 8.91. The Balaban J connectivity index is 1.25. The normalized spacial score (nSPS) is 33.6. The predicted octanol–water partition coefficient (Wildman–Crippen LogP) is 4.57. The Hall–Kier alpha value is -2.56. The third kappa shape index (κ3) is 3.28. The van der Waals surface area contributed by atoms with Gasteiger partial charge in [-0.05, 0) is 91.9 Å². The van der Waals surface area contributed by atoms with Gasteiger partial charge in [-0.15, -0.1) is 0 Å². The third-order valence-electron chi connectivity index (χ3n) is 8.91. The van der Waals surface area contributed by atoms with Crippen LogP contribution in [0.15, 0.2) is 47.1 Å². The molecule has 2 amide bonds. The van der Waals surface area contributed by atoms with E-state index in [4.69, 9.17) is 4.42 Å². The van der Waals surface area contributed by atoms with Crippen molar-refractivity contribution in [2.24, 2.45) is 23.2 Å². The van der Waals surface area contributed by atoms with Gasteiger partial charge in [0, 0.05) is 19.0 Å². The molecule has 1 aliphatic heterocycles. The number of amides is 2. The fraction of sp³-hybridized carbons (Fsp3) is 0.556. The van der Waals surface area contributed by atoms with Gasteiger partial charge >= 0.3 is 0 Å². The van der Waals surface area contributed by atoms with Crippen molar-refractivity contribution in [3.63, 3.8) is 0 Å². The molecule has 5 heteroatoms. The summed E-state index contributed by atoms with van der Waals surface area (Å²) in [6, 6.07) is 11.1. The van der Waals surface area contributed by atoms with Crippen LogP contribution in [-0.2, 0) is 17.8 Å². The maximum atomic E-state index is 13.7. The Morgan fingerprint density at radius 2 is 1.66 bits per heavy atom. The largest absolute Gasteiger partial charge is 0.459 e. The number of carbonyl (C=O) groups excluding carboxylic acids is 2. The molecule has 0 saturated heterocycles. The molecule has 4 fully saturated rings. The van der Waals surface area contributed by atoms with Crippen LogP contribution in [0.25, 0.3) is 0 Å². The van der Waals surface area contributed by atoms with E-state index >= 15 is 0 Å². The summed E-state index contributed by atoms with van der Waals surface area (Å²) in [7, 11) is 0. The lowest BCUT2D eigenvalue weighted by Crippen LogP contribution is -2.59. The van der Waals surface area contributed by atoms with Crippen LogP contribution in [0, 0.1) is 23.2 Å². The Labute approximate surface area is 189 Å². The summed E-state index contributed by atoms with van der Waals surface area (Å²) < 4.78 is 5.39. The fourth-order valence-corrected chi connectivity index (χ4v) is 7.68. The Morgan fingerprint density at radius 3 is 2.28 bits per heavy atom. The van der Waals surface area contributed by atoms with Gasteiger partial charge in [0.05, 0.1) is 6.26 Å². The van der Waals surface area contributed by atoms with Crippen molar-refractivity contribution in [3.8, 4) is 0 Å². The van der Waals surface area contributed by atoms with Gasteiger partial charge < -0.3 is 14.6 Å². The summed E-state index contributed by atoms with van der Waals surface area (Å²) in [6.07, 6.45) is 9.99. The minimum Gasteiger partial charge on any atom is -0.459 e. The van der Waals surface area contributed by atoms with E-state index in [1.165, 1.54) is 44.8 Å². The Bertz CT molecular complexity index is 992. The molecule has 4 aliphatic carbocycles. The monoisotopic (exact) mass is 432 g/mol.